The molecule has 2 atom stereocenters. The molecule has 0 rings (SSSR count). The number of hydrogen-bond donors (Lipinski definition) is 3. The van der Waals surface area contributed by atoms with Crippen molar-refractivity contribution in [3.63, 3.8) is 0 Å². The van der Waals surface area contributed by atoms with Crippen molar-refractivity contribution in [2.24, 2.45) is 0 Å². The van der Waals surface area contributed by atoms with E-state index in [-0.39, 0.29) is 18.5 Å². The Hall–Kier alpha value is -1.40. The number of allylic oxidation sites excluding steroid dienone is 1. The lowest BCUT2D eigenvalue weighted by molar-refractivity contribution is -0.143. The van der Waals surface area contributed by atoms with Crippen LogP contribution in [0.2, 0.25) is 0 Å². The van der Waals surface area contributed by atoms with Crippen molar-refractivity contribution in [2.75, 3.05) is 13.2 Å². The minimum Gasteiger partial charge on any atom is -0.466 e. The van der Waals surface area contributed by atoms with E-state index in [2.05, 4.69) is 19.2 Å². The zero-order chi connectivity index (χ0) is 50.0. The van der Waals surface area contributed by atoms with Crippen molar-refractivity contribution in [3.8, 4) is 0 Å². The van der Waals surface area contributed by atoms with Crippen LogP contribution in [0.5, 0.6) is 0 Å². The third-order valence-electron chi connectivity index (χ3n) is 14.8. The minimum absolute atomic E-state index is 0.0171. The smallest absolute Gasteiger partial charge is 0.305 e. The molecule has 0 radical (unpaired) electrons. The fourth-order valence-electron chi connectivity index (χ4n) is 9.99. The van der Waals surface area contributed by atoms with Gasteiger partial charge in [0.05, 0.1) is 25.4 Å². The predicted molar refractivity (Wildman–Crippen MR) is 301 cm³/mol. The Morgan fingerprint density at radius 2 is 0.667 bits per heavy atom. The van der Waals surface area contributed by atoms with Gasteiger partial charge < -0.3 is 20.3 Å². The summed E-state index contributed by atoms with van der Waals surface area (Å²) in [4.78, 5) is 24.5. The Morgan fingerprint density at radius 1 is 0.391 bits per heavy atom. The number of carbonyl (C=O) groups excluding carboxylic acids is 2. The van der Waals surface area contributed by atoms with Crippen molar-refractivity contribution in [1.29, 1.82) is 0 Å². The SMILES string of the molecule is CCCCCCCCCCCCCCC/C=C/C(O)C(CO)NC(=O)CCCCCCCCCCCCCCCCCCCCCCCCCCCCOC(=O)CCCCCCCCCCCCC. The molecule has 3 N–H and O–H groups in total. The van der Waals surface area contributed by atoms with Gasteiger partial charge in [0, 0.05) is 12.8 Å². The first-order valence-electron chi connectivity index (χ1n) is 31.5. The number of aliphatic hydroxyl groups is 2. The Morgan fingerprint density at radius 3 is 0.986 bits per heavy atom. The van der Waals surface area contributed by atoms with E-state index in [0.717, 1.165) is 38.5 Å². The molecule has 410 valence electrons. The van der Waals surface area contributed by atoms with Crippen LogP contribution in [0.1, 0.15) is 354 Å². The first kappa shape index (κ1) is 67.6. The topological polar surface area (TPSA) is 95.9 Å². The number of esters is 1. The fourth-order valence-corrected chi connectivity index (χ4v) is 9.99. The summed E-state index contributed by atoms with van der Waals surface area (Å²) in [6.45, 7) is 4.93. The van der Waals surface area contributed by atoms with Gasteiger partial charge in [-0.15, -0.1) is 0 Å². The van der Waals surface area contributed by atoms with Gasteiger partial charge in [-0.1, -0.05) is 321 Å². The van der Waals surface area contributed by atoms with E-state index in [1.807, 2.05) is 6.08 Å². The average Bonchev–Trinajstić information content (AvgIpc) is 3.35. The van der Waals surface area contributed by atoms with Crippen LogP contribution in [0, 0.1) is 0 Å². The third-order valence-corrected chi connectivity index (χ3v) is 14.8. The van der Waals surface area contributed by atoms with Crippen LogP contribution in [-0.4, -0.2) is 47.4 Å². The zero-order valence-corrected chi connectivity index (χ0v) is 46.8. The lowest BCUT2D eigenvalue weighted by atomic mass is 10.0. The summed E-state index contributed by atoms with van der Waals surface area (Å²) in [5, 5.41) is 23.1. The molecule has 0 aliphatic rings. The van der Waals surface area contributed by atoms with Gasteiger partial charge in [0.15, 0.2) is 0 Å². The van der Waals surface area contributed by atoms with Crippen molar-refractivity contribution < 1.29 is 24.5 Å². The van der Waals surface area contributed by atoms with Gasteiger partial charge in [-0.25, -0.2) is 0 Å². The lowest BCUT2D eigenvalue weighted by Gasteiger charge is -2.20. The standard InChI is InChI=1S/C63H123NO5/c1-3-5-7-9-11-13-15-16-29-32-36-39-43-47-51-55-61(66)60(59-65)64-62(67)56-52-48-44-40-37-33-30-27-25-23-21-19-17-18-20-22-24-26-28-31-34-38-42-46-50-54-58-69-63(68)57-53-49-45-41-35-14-12-10-8-6-4-2/h51,55,60-61,65-66H,3-50,52-54,56-59H2,1-2H3,(H,64,67)/b55-51+. The van der Waals surface area contributed by atoms with Gasteiger partial charge in [-0.2, -0.15) is 0 Å². The van der Waals surface area contributed by atoms with Crippen LogP contribution in [0.3, 0.4) is 0 Å². The molecule has 0 spiro atoms. The maximum Gasteiger partial charge on any atom is 0.305 e. The van der Waals surface area contributed by atoms with Crippen molar-refractivity contribution in [1.82, 2.24) is 5.32 Å². The normalized spacial score (nSPS) is 12.6. The van der Waals surface area contributed by atoms with Crippen molar-refractivity contribution >= 4 is 11.9 Å². The van der Waals surface area contributed by atoms with E-state index in [0.29, 0.717) is 19.4 Å². The number of amides is 1. The zero-order valence-electron chi connectivity index (χ0n) is 46.8. The summed E-state index contributed by atoms with van der Waals surface area (Å²) in [5.41, 5.74) is 0. The van der Waals surface area contributed by atoms with Crippen molar-refractivity contribution in [3.05, 3.63) is 12.2 Å². The molecule has 0 bridgehead atoms. The van der Waals surface area contributed by atoms with Crippen LogP contribution in [0.4, 0.5) is 0 Å². The summed E-state index contributed by atoms with van der Waals surface area (Å²) in [6.07, 6.45) is 71.2. The maximum absolute atomic E-state index is 12.5. The van der Waals surface area contributed by atoms with E-state index in [4.69, 9.17) is 4.74 Å². The van der Waals surface area contributed by atoms with Gasteiger partial charge in [-0.3, -0.25) is 9.59 Å². The summed E-state index contributed by atoms with van der Waals surface area (Å²) in [6, 6.07) is -0.625. The van der Waals surface area contributed by atoms with Crippen LogP contribution in [0.15, 0.2) is 12.2 Å². The number of rotatable bonds is 59. The molecule has 0 aliphatic heterocycles. The molecule has 69 heavy (non-hydrogen) atoms. The third kappa shape index (κ3) is 55.8. The molecule has 0 heterocycles. The molecular formula is C63H123NO5. The summed E-state index contributed by atoms with van der Waals surface area (Å²) < 4.78 is 5.47. The number of ether oxygens (including phenoxy) is 1. The Kier molecular flexibility index (Phi) is 58.0. The van der Waals surface area contributed by atoms with Crippen LogP contribution in [0.25, 0.3) is 0 Å². The van der Waals surface area contributed by atoms with Gasteiger partial charge in [0.1, 0.15) is 0 Å². The largest absolute Gasteiger partial charge is 0.466 e. The van der Waals surface area contributed by atoms with Gasteiger partial charge >= 0.3 is 5.97 Å². The second kappa shape index (κ2) is 59.2. The molecule has 0 saturated heterocycles. The second-order valence-electron chi connectivity index (χ2n) is 21.8. The molecule has 1 amide bonds. The molecule has 2 unspecified atom stereocenters. The van der Waals surface area contributed by atoms with Gasteiger partial charge in [0.25, 0.3) is 0 Å². The highest BCUT2D eigenvalue weighted by Gasteiger charge is 2.18. The Bertz CT molecular complexity index is 1030. The van der Waals surface area contributed by atoms with Crippen molar-refractivity contribution in [2.45, 2.75) is 366 Å². The molecule has 0 aromatic carbocycles. The highest BCUT2D eigenvalue weighted by molar-refractivity contribution is 5.76. The molecule has 0 fully saturated rings. The first-order chi connectivity index (χ1) is 34.0. The van der Waals surface area contributed by atoms with E-state index in [1.54, 1.807) is 6.08 Å². The molecule has 6 heteroatoms. The van der Waals surface area contributed by atoms with Crippen LogP contribution < -0.4 is 5.32 Å². The van der Waals surface area contributed by atoms with E-state index in [1.165, 1.54) is 289 Å². The van der Waals surface area contributed by atoms with Crippen LogP contribution >= 0.6 is 0 Å². The van der Waals surface area contributed by atoms with E-state index < -0.39 is 12.1 Å². The monoisotopic (exact) mass is 974 g/mol. The molecule has 0 aromatic heterocycles. The predicted octanol–water partition coefficient (Wildman–Crippen LogP) is 19.6. The minimum atomic E-state index is -0.841. The maximum atomic E-state index is 12.5. The highest BCUT2D eigenvalue weighted by Crippen LogP contribution is 2.18. The van der Waals surface area contributed by atoms with Gasteiger partial charge in [-0.05, 0) is 32.1 Å². The van der Waals surface area contributed by atoms with Gasteiger partial charge in [0.2, 0.25) is 5.91 Å². The second-order valence-corrected chi connectivity index (χ2v) is 21.8. The quantitative estimate of drug-likeness (QED) is 0.0321. The number of hydrogen-bond acceptors (Lipinski definition) is 5. The molecule has 0 aromatic rings. The molecule has 0 aliphatic carbocycles. The lowest BCUT2D eigenvalue weighted by Crippen LogP contribution is -2.45. The number of aliphatic hydroxyl groups excluding tert-OH is 2. The fraction of sp³-hybridized carbons (Fsp3) is 0.937. The Labute approximate surface area is 431 Å². The summed E-state index contributed by atoms with van der Waals surface area (Å²) >= 11 is 0. The molecule has 0 saturated carbocycles. The summed E-state index contributed by atoms with van der Waals surface area (Å²) in [5.74, 6) is -0.0463. The first-order valence-corrected chi connectivity index (χ1v) is 31.5. The van der Waals surface area contributed by atoms with E-state index in [9.17, 15) is 19.8 Å². The average molecular weight is 975 g/mol. The number of nitrogens with one attached hydrogen (secondary N) is 1. The number of carbonyl (C=O) groups is 2. The highest BCUT2D eigenvalue weighted by atomic mass is 16.5. The molecular weight excluding hydrogens is 851 g/mol. The molecule has 6 nitrogen and oxygen atoms in total. The van der Waals surface area contributed by atoms with E-state index >= 15 is 0 Å². The number of unbranched alkanes of at least 4 members (excludes halogenated alkanes) is 48. The summed E-state index contributed by atoms with van der Waals surface area (Å²) in [7, 11) is 0. The Balaban J connectivity index is 3.37. The van der Waals surface area contributed by atoms with Crippen LogP contribution in [-0.2, 0) is 14.3 Å².